The highest BCUT2D eigenvalue weighted by Crippen LogP contribution is 2.24. The summed E-state index contributed by atoms with van der Waals surface area (Å²) in [4.78, 5) is 12.0. The Morgan fingerprint density at radius 2 is 2.11 bits per heavy atom. The van der Waals surface area contributed by atoms with Crippen molar-refractivity contribution >= 4 is 17.3 Å². The van der Waals surface area contributed by atoms with Gasteiger partial charge in [-0.25, -0.2) is 9.98 Å². The molecule has 0 saturated carbocycles. The second kappa shape index (κ2) is 10.6. The molecule has 0 amide bonds. The number of furan rings is 1. The first-order valence-corrected chi connectivity index (χ1v) is 11.3. The van der Waals surface area contributed by atoms with Crippen molar-refractivity contribution in [3.05, 3.63) is 40.2 Å². The molecule has 1 aliphatic heterocycles. The average Bonchev–Trinajstić information content (AvgIpc) is 3.39. The van der Waals surface area contributed by atoms with Gasteiger partial charge in [-0.1, -0.05) is 20.3 Å². The number of aliphatic imine (C=N–C) groups is 1. The van der Waals surface area contributed by atoms with E-state index < -0.39 is 0 Å². The van der Waals surface area contributed by atoms with E-state index in [1.807, 2.05) is 6.07 Å². The van der Waals surface area contributed by atoms with Crippen LogP contribution in [0.25, 0.3) is 0 Å². The largest absolute Gasteiger partial charge is 0.468 e. The van der Waals surface area contributed by atoms with Crippen molar-refractivity contribution in [3.63, 3.8) is 0 Å². The molecule has 1 unspecified atom stereocenters. The highest BCUT2D eigenvalue weighted by Gasteiger charge is 2.24. The summed E-state index contributed by atoms with van der Waals surface area (Å²) in [6.45, 7) is 10.9. The average molecular weight is 404 g/mol. The van der Waals surface area contributed by atoms with Crippen molar-refractivity contribution < 1.29 is 4.42 Å². The van der Waals surface area contributed by atoms with Gasteiger partial charge in [0.25, 0.3) is 0 Å². The number of thiazole rings is 1. The summed E-state index contributed by atoms with van der Waals surface area (Å²) < 4.78 is 5.75. The van der Waals surface area contributed by atoms with E-state index in [1.165, 1.54) is 19.3 Å². The normalized spacial score (nSPS) is 17.1. The second-order valence-corrected chi connectivity index (χ2v) is 8.47. The fourth-order valence-electron chi connectivity index (χ4n) is 3.47. The van der Waals surface area contributed by atoms with E-state index >= 15 is 0 Å². The molecule has 28 heavy (non-hydrogen) atoms. The maximum Gasteiger partial charge on any atom is 0.191 e. The molecule has 0 aromatic carbocycles. The monoisotopic (exact) mass is 403 g/mol. The molecule has 1 saturated heterocycles. The van der Waals surface area contributed by atoms with E-state index in [2.05, 4.69) is 52.7 Å². The third-order valence-corrected chi connectivity index (χ3v) is 5.90. The number of hydrogen-bond donors (Lipinski definition) is 2. The van der Waals surface area contributed by atoms with Crippen LogP contribution in [0.5, 0.6) is 0 Å². The summed E-state index contributed by atoms with van der Waals surface area (Å²) in [5.74, 6) is 2.31. The minimum Gasteiger partial charge on any atom is -0.468 e. The zero-order valence-corrected chi connectivity index (χ0v) is 18.1. The molecule has 3 heterocycles. The van der Waals surface area contributed by atoms with Crippen LogP contribution < -0.4 is 10.6 Å². The van der Waals surface area contributed by atoms with E-state index in [-0.39, 0.29) is 6.04 Å². The van der Waals surface area contributed by atoms with Gasteiger partial charge < -0.3 is 15.1 Å². The van der Waals surface area contributed by atoms with Gasteiger partial charge in [-0.15, -0.1) is 11.3 Å². The molecular weight excluding hydrogens is 370 g/mol. The first kappa shape index (κ1) is 20.9. The Labute approximate surface area is 172 Å². The lowest BCUT2D eigenvalue weighted by molar-refractivity contribution is 0.146. The predicted octanol–water partition coefficient (Wildman–Crippen LogP) is 4.14. The number of nitrogens with one attached hydrogen (secondary N) is 2. The van der Waals surface area contributed by atoms with Gasteiger partial charge in [-0.2, -0.15) is 0 Å². The van der Waals surface area contributed by atoms with Gasteiger partial charge in [-0.05, 0) is 50.9 Å². The van der Waals surface area contributed by atoms with Crippen molar-refractivity contribution in [2.75, 3.05) is 26.2 Å². The number of rotatable bonds is 8. The Balaban J connectivity index is 1.64. The van der Waals surface area contributed by atoms with E-state index in [0.717, 1.165) is 48.6 Å². The second-order valence-electron chi connectivity index (χ2n) is 7.52. The molecule has 6 nitrogen and oxygen atoms in total. The topological polar surface area (TPSA) is 65.7 Å². The summed E-state index contributed by atoms with van der Waals surface area (Å²) in [6, 6.07) is 4.28. The van der Waals surface area contributed by atoms with Crippen LogP contribution in [-0.2, 0) is 6.54 Å². The summed E-state index contributed by atoms with van der Waals surface area (Å²) in [5, 5.41) is 10.1. The van der Waals surface area contributed by atoms with Crippen LogP contribution in [0.15, 0.2) is 33.2 Å². The van der Waals surface area contributed by atoms with Gasteiger partial charge in [0.15, 0.2) is 5.96 Å². The summed E-state index contributed by atoms with van der Waals surface area (Å²) in [5.41, 5.74) is 1.15. The van der Waals surface area contributed by atoms with Crippen LogP contribution in [0.1, 0.15) is 68.5 Å². The van der Waals surface area contributed by atoms with Gasteiger partial charge in [0.1, 0.15) is 10.8 Å². The van der Waals surface area contributed by atoms with Gasteiger partial charge in [0, 0.05) is 18.5 Å². The minimum atomic E-state index is 0.228. The lowest BCUT2D eigenvalue weighted by Crippen LogP contribution is -2.44. The number of guanidine groups is 1. The highest BCUT2D eigenvalue weighted by molar-refractivity contribution is 7.09. The van der Waals surface area contributed by atoms with Crippen LogP contribution >= 0.6 is 11.3 Å². The Hall–Kier alpha value is -1.86. The Bertz CT molecular complexity index is 719. The molecule has 1 fully saturated rings. The lowest BCUT2D eigenvalue weighted by Gasteiger charge is -2.33. The number of piperidine rings is 1. The van der Waals surface area contributed by atoms with Crippen LogP contribution in [-0.4, -0.2) is 42.0 Å². The molecular formula is C21H33N5OS. The minimum absolute atomic E-state index is 0.228. The van der Waals surface area contributed by atoms with Crippen molar-refractivity contribution in [2.24, 2.45) is 4.99 Å². The van der Waals surface area contributed by atoms with Crippen molar-refractivity contribution in [3.8, 4) is 0 Å². The molecule has 0 bridgehead atoms. The lowest BCUT2D eigenvalue weighted by atomic mass is 10.1. The molecule has 0 spiro atoms. The number of hydrogen-bond acceptors (Lipinski definition) is 5. The van der Waals surface area contributed by atoms with Gasteiger partial charge >= 0.3 is 0 Å². The molecule has 0 radical (unpaired) electrons. The zero-order valence-electron chi connectivity index (χ0n) is 17.3. The van der Waals surface area contributed by atoms with Crippen molar-refractivity contribution in [1.82, 2.24) is 20.5 Å². The summed E-state index contributed by atoms with van der Waals surface area (Å²) in [6.07, 6.45) is 5.60. The maximum atomic E-state index is 5.75. The van der Waals surface area contributed by atoms with E-state index in [1.54, 1.807) is 17.6 Å². The Kier molecular flexibility index (Phi) is 7.91. The molecule has 1 atom stereocenters. The molecule has 0 aliphatic carbocycles. The number of likely N-dealkylation sites (tertiary alicyclic amines) is 1. The fraction of sp³-hybridized carbons (Fsp3) is 0.619. The molecule has 1 aliphatic rings. The SMILES string of the molecule is CCNC(=NCc1nc(C(C)C)cs1)NCC(c1ccco1)N1CCCCC1. The van der Waals surface area contributed by atoms with E-state index in [9.17, 15) is 0 Å². The molecule has 2 N–H and O–H groups in total. The number of aromatic nitrogens is 1. The highest BCUT2D eigenvalue weighted by atomic mass is 32.1. The van der Waals surface area contributed by atoms with Crippen molar-refractivity contribution in [2.45, 2.75) is 58.5 Å². The van der Waals surface area contributed by atoms with Gasteiger partial charge in [0.2, 0.25) is 0 Å². The van der Waals surface area contributed by atoms with Crippen LogP contribution in [0.3, 0.4) is 0 Å². The third-order valence-electron chi connectivity index (χ3n) is 5.04. The third kappa shape index (κ3) is 5.82. The predicted molar refractivity (Wildman–Crippen MR) is 116 cm³/mol. The molecule has 154 valence electrons. The van der Waals surface area contributed by atoms with Crippen LogP contribution in [0, 0.1) is 0 Å². The first-order valence-electron chi connectivity index (χ1n) is 10.4. The quantitative estimate of drug-likeness (QED) is 0.512. The zero-order chi connectivity index (χ0) is 19.8. The molecule has 3 rings (SSSR count). The smallest absolute Gasteiger partial charge is 0.191 e. The molecule has 2 aromatic heterocycles. The Morgan fingerprint density at radius 3 is 2.75 bits per heavy atom. The van der Waals surface area contributed by atoms with E-state index in [0.29, 0.717) is 12.5 Å². The Morgan fingerprint density at radius 1 is 1.29 bits per heavy atom. The standard InChI is InChI=1S/C21H33N5OS/c1-4-22-21(24-14-20-25-17(15-28-20)16(2)3)23-13-18(19-9-8-12-27-19)26-10-6-5-7-11-26/h8-9,12,15-16,18H,4-7,10-11,13-14H2,1-3H3,(H2,22,23,24). The van der Waals surface area contributed by atoms with Crippen molar-refractivity contribution in [1.29, 1.82) is 0 Å². The van der Waals surface area contributed by atoms with Crippen LogP contribution in [0.2, 0.25) is 0 Å². The summed E-state index contributed by atoms with van der Waals surface area (Å²) >= 11 is 1.69. The summed E-state index contributed by atoms with van der Waals surface area (Å²) in [7, 11) is 0. The van der Waals surface area contributed by atoms with E-state index in [4.69, 9.17) is 9.41 Å². The fourth-order valence-corrected chi connectivity index (χ4v) is 4.34. The van der Waals surface area contributed by atoms with Gasteiger partial charge in [-0.3, -0.25) is 4.90 Å². The molecule has 7 heteroatoms. The number of nitrogens with zero attached hydrogens (tertiary/aromatic N) is 3. The van der Waals surface area contributed by atoms with Crippen LogP contribution in [0.4, 0.5) is 0 Å². The first-order chi connectivity index (χ1) is 13.7. The van der Waals surface area contributed by atoms with Gasteiger partial charge in [0.05, 0.1) is 24.5 Å². The maximum absolute atomic E-state index is 5.75. The molecule has 2 aromatic rings.